The fraction of sp³-hybridized carbons (Fsp3) is 0.429. The molecule has 0 bridgehead atoms. The summed E-state index contributed by atoms with van der Waals surface area (Å²) in [6.07, 6.45) is 0.766. The standard InChI is InChI=1S/C14H19N3O2/c1-3-13-16-14(19-17-13)10-18-12-7-5-6-11(8-12)9-15-4-2/h5-8,15H,3-4,9-10H2,1-2H3. The molecule has 0 aliphatic carbocycles. The minimum atomic E-state index is 0.303. The highest BCUT2D eigenvalue weighted by atomic mass is 16.5. The minimum absolute atomic E-state index is 0.303. The Balaban J connectivity index is 1.91. The van der Waals surface area contributed by atoms with Crippen LogP contribution >= 0.6 is 0 Å². The molecule has 1 N–H and O–H groups in total. The van der Waals surface area contributed by atoms with Crippen LogP contribution in [0.15, 0.2) is 28.8 Å². The van der Waals surface area contributed by atoms with Gasteiger partial charge in [0, 0.05) is 13.0 Å². The summed E-state index contributed by atoms with van der Waals surface area (Å²) < 4.78 is 10.7. The van der Waals surface area contributed by atoms with Gasteiger partial charge in [-0.3, -0.25) is 0 Å². The number of benzene rings is 1. The second kappa shape index (κ2) is 6.89. The van der Waals surface area contributed by atoms with Crippen molar-refractivity contribution in [1.29, 1.82) is 0 Å². The molecule has 0 amide bonds. The van der Waals surface area contributed by atoms with Gasteiger partial charge in [-0.1, -0.05) is 31.1 Å². The van der Waals surface area contributed by atoms with Gasteiger partial charge in [0.15, 0.2) is 12.4 Å². The lowest BCUT2D eigenvalue weighted by Gasteiger charge is -2.06. The predicted molar refractivity (Wildman–Crippen MR) is 71.8 cm³/mol. The summed E-state index contributed by atoms with van der Waals surface area (Å²) in [4.78, 5) is 4.20. The van der Waals surface area contributed by atoms with Crippen LogP contribution in [0.3, 0.4) is 0 Å². The van der Waals surface area contributed by atoms with Crippen molar-refractivity contribution in [2.75, 3.05) is 6.54 Å². The molecule has 2 rings (SSSR count). The van der Waals surface area contributed by atoms with Gasteiger partial charge in [0.25, 0.3) is 5.89 Å². The number of nitrogens with zero attached hydrogens (tertiary/aromatic N) is 2. The Morgan fingerprint density at radius 3 is 2.95 bits per heavy atom. The summed E-state index contributed by atoms with van der Waals surface area (Å²) >= 11 is 0. The van der Waals surface area contributed by atoms with Crippen molar-refractivity contribution in [3.63, 3.8) is 0 Å². The minimum Gasteiger partial charge on any atom is -0.484 e. The van der Waals surface area contributed by atoms with E-state index in [2.05, 4.69) is 28.4 Å². The third-order valence-electron chi connectivity index (χ3n) is 2.67. The highest BCUT2D eigenvalue weighted by molar-refractivity contribution is 5.28. The zero-order chi connectivity index (χ0) is 13.5. The SMILES string of the molecule is CCNCc1cccc(OCc2nc(CC)no2)c1. The largest absolute Gasteiger partial charge is 0.484 e. The monoisotopic (exact) mass is 261 g/mol. The third-order valence-corrected chi connectivity index (χ3v) is 2.67. The molecule has 19 heavy (non-hydrogen) atoms. The van der Waals surface area contributed by atoms with Crippen molar-refractivity contribution in [1.82, 2.24) is 15.5 Å². The first kappa shape index (κ1) is 13.5. The van der Waals surface area contributed by atoms with Crippen molar-refractivity contribution >= 4 is 0 Å². The molecule has 0 fully saturated rings. The predicted octanol–water partition coefficient (Wildman–Crippen LogP) is 2.32. The molecule has 0 unspecified atom stereocenters. The first-order valence-electron chi connectivity index (χ1n) is 6.55. The van der Waals surface area contributed by atoms with Crippen molar-refractivity contribution < 1.29 is 9.26 Å². The maximum atomic E-state index is 5.65. The van der Waals surface area contributed by atoms with Gasteiger partial charge in [-0.2, -0.15) is 4.98 Å². The second-order valence-corrected chi connectivity index (χ2v) is 4.17. The molecule has 0 spiro atoms. The lowest BCUT2D eigenvalue weighted by Crippen LogP contribution is -2.11. The Bertz CT molecular complexity index is 511. The number of aryl methyl sites for hydroxylation is 1. The van der Waals surface area contributed by atoms with Crippen molar-refractivity contribution in [2.24, 2.45) is 0 Å². The highest BCUT2D eigenvalue weighted by Crippen LogP contribution is 2.14. The number of rotatable bonds is 7. The summed E-state index contributed by atoms with van der Waals surface area (Å²) in [5.41, 5.74) is 1.19. The van der Waals surface area contributed by atoms with Crippen LogP contribution in [0.25, 0.3) is 0 Å². The van der Waals surface area contributed by atoms with Crippen molar-refractivity contribution in [3.05, 3.63) is 41.5 Å². The number of ether oxygens (including phenoxy) is 1. The average molecular weight is 261 g/mol. The smallest absolute Gasteiger partial charge is 0.264 e. The van der Waals surface area contributed by atoms with Crippen LogP contribution in [0, 0.1) is 0 Å². The van der Waals surface area contributed by atoms with Crippen LogP contribution in [0.1, 0.15) is 31.1 Å². The molecular formula is C14H19N3O2. The topological polar surface area (TPSA) is 60.2 Å². The third kappa shape index (κ3) is 4.06. The number of hydrogen-bond acceptors (Lipinski definition) is 5. The molecule has 1 aromatic heterocycles. The van der Waals surface area contributed by atoms with Crippen molar-refractivity contribution in [2.45, 2.75) is 33.4 Å². The molecule has 2 aromatic rings. The fourth-order valence-electron chi connectivity index (χ4n) is 1.65. The van der Waals surface area contributed by atoms with Crippen LogP contribution in [0.4, 0.5) is 0 Å². The summed E-state index contributed by atoms with van der Waals surface area (Å²) in [7, 11) is 0. The lowest BCUT2D eigenvalue weighted by molar-refractivity contribution is 0.242. The van der Waals surface area contributed by atoms with E-state index in [4.69, 9.17) is 9.26 Å². The van der Waals surface area contributed by atoms with Gasteiger partial charge in [0.1, 0.15) is 5.75 Å². The van der Waals surface area contributed by atoms with E-state index in [1.807, 2.05) is 25.1 Å². The summed E-state index contributed by atoms with van der Waals surface area (Å²) in [6.45, 7) is 6.17. The van der Waals surface area contributed by atoms with Crippen LogP contribution in [-0.2, 0) is 19.6 Å². The van der Waals surface area contributed by atoms with Gasteiger partial charge in [0.05, 0.1) is 0 Å². The second-order valence-electron chi connectivity index (χ2n) is 4.17. The van der Waals surface area contributed by atoms with Gasteiger partial charge < -0.3 is 14.6 Å². The Hall–Kier alpha value is -1.88. The molecule has 1 aromatic carbocycles. The summed E-state index contributed by atoms with van der Waals surface area (Å²) in [5.74, 6) is 2.03. The Labute approximate surface area is 113 Å². The molecule has 0 saturated heterocycles. The average Bonchev–Trinajstić information content (AvgIpc) is 2.91. The van der Waals surface area contributed by atoms with E-state index in [0.717, 1.165) is 25.3 Å². The molecule has 0 saturated carbocycles. The van der Waals surface area contributed by atoms with Gasteiger partial charge >= 0.3 is 0 Å². The Kier molecular flexibility index (Phi) is 4.92. The molecule has 5 heteroatoms. The van der Waals surface area contributed by atoms with Crippen LogP contribution in [0.5, 0.6) is 5.75 Å². The van der Waals surface area contributed by atoms with E-state index in [9.17, 15) is 0 Å². The summed E-state index contributed by atoms with van der Waals surface area (Å²) in [5, 5.41) is 7.11. The van der Waals surface area contributed by atoms with Crippen LogP contribution < -0.4 is 10.1 Å². The number of aromatic nitrogens is 2. The zero-order valence-electron chi connectivity index (χ0n) is 11.3. The highest BCUT2D eigenvalue weighted by Gasteiger charge is 2.05. The Morgan fingerprint density at radius 2 is 2.21 bits per heavy atom. The van der Waals surface area contributed by atoms with Crippen LogP contribution in [-0.4, -0.2) is 16.7 Å². The molecule has 102 valence electrons. The Morgan fingerprint density at radius 1 is 1.32 bits per heavy atom. The molecule has 5 nitrogen and oxygen atoms in total. The van der Waals surface area contributed by atoms with Gasteiger partial charge in [-0.05, 0) is 24.2 Å². The van der Waals surface area contributed by atoms with E-state index in [1.54, 1.807) is 0 Å². The maximum absolute atomic E-state index is 5.65. The zero-order valence-corrected chi connectivity index (χ0v) is 11.3. The lowest BCUT2D eigenvalue weighted by atomic mass is 10.2. The maximum Gasteiger partial charge on any atom is 0.264 e. The fourth-order valence-corrected chi connectivity index (χ4v) is 1.65. The number of nitrogens with one attached hydrogen (secondary N) is 1. The summed E-state index contributed by atoms with van der Waals surface area (Å²) in [6, 6.07) is 7.98. The van der Waals surface area contributed by atoms with E-state index in [1.165, 1.54) is 5.56 Å². The first-order valence-corrected chi connectivity index (χ1v) is 6.55. The normalized spacial score (nSPS) is 10.6. The van der Waals surface area contributed by atoms with Gasteiger partial charge in [0.2, 0.25) is 0 Å². The van der Waals surface area contributed by atoms with Gasteiger partial charge in [-0.15, -0.1) is 0 Å². The van der Waals surface area contributed by atoms with E-state index < -0.39 is 0 Å². The molecular weight excluding hydrogens is 242 g/mol. The van der Waals surface area contributed by atoms with E-state index >= 15 is 0 Å². The van der Waals surface area contributed by atoms with Gasteiger partial charge in [-0.25, -0.2) is 0 Å². The quantitative estimate of drug-likeness (QED) is 0.828. The van der Waals surface area contributed by atoms with E-state index in [-0.39, 0.29) is 0 Å². The van der Waals surface area contributed by atoms with E-state index in [0.29, 0.717) is 18.3 Å². The molecule has 0 aliphatic rings. The molecule has 0 atom stereocenters. The molecule has 0 aliphatic heterocycles. The molecule has 0 radical (unpaired) electrons. The first-order chi connectivity index (χ1) is 9.31. The van der Waals surface area contributed by atoms with Crippen LogP contribution in [0.2, 0.25) is 0 Å². The molecule has 1 heterocycles. The number of hydrogen-bond donors (Lipinski definition) is 1. The van der Waals surface area contributed by atoms with Crippen molar-refractivity contribution in [3.8, 4) is 5.75 Å².